The second kappa shape index (κ2) is 8.77. The molecule has 0 radical (unpaired) electrons. The fourth-order valence-electron chi connectivity index (χ4n) is 1.60. The van der Waals surface area contributed by atoms with Crippen molar-refractivity contribution in [1.82, 2.24) is 9.88 Å². The Bertz CT molecular complexity index is 328. The Morgan fingerprint density at radius 2 is 2.33 bits per heavy atom. The molecule has 0 aliphatic carbocycles. The number of thioether (sulfide) groups is 1. The Labute approximate surface area is 119 Å². The van der Waals surface area contributed by atoms with Gasteiger partial charge in [-0.05, 0) is 38.8 Å². The molecule has 1 unspecified atom stereocenters. The van der Waals surface area contributed by atoms with Crippen molar-refractivity contribution in [3.63, 3.8) is 0 Å². The summed E-state index contributed by atoms with van der Waals surface area (Å²) < 4.78 is 0. The predicted octanol–water partition coefficient (Wildman–Crippen LogP) is 3.54. The zero-order valence-corrected chi connectivity index (χ0v) is 13.5. The highest BCUT2D eigenvalue weighted by Crippen LogP contribution is 2.20. The normalized spacial score (nSPS) is 12.9. The average Bonchev–Trinajstić information content (AvgIpc) is 2.80. The maximum Gasteiger partial charge on any atom is 0.182 e. The van der Waals surface area contributed by atoms with Gasteiger partial charge in [0.1, 0.15) is 0 Å². The van der Waals surface area contributed by atoms with Crippen LogP contribution in [0, 0.1) is 0 Å². The number of nitrogens with one attached hydrogen (secondary N) is 1. The van der Waals surface area contributed by atoms with Crippen molar-refractivity contribution in [1.29, 1.82) is 0 Å². The fraction of sp³-hybridized carbons (Fsp3) is 0.769. The predicted molar refractivity (Wildman–Crippen MR) is 84.8 cm³/mol. The molecule has 1 aromatic rings. The molecule has 18 heavy (non-hydrogen) atoms. The molecule has 0 bridgehead atoms. The van der Waals surface area contributed by atoms with Crippen molar-refractivity contribution in [3.05, 3.63) is 11.1 Å². The van der Waals surface area contributed by atoms with Crippen LogP contribution in [0.25, 0.3) is 0 Å². The quantitative estimate of drug-likeness (QED) is 0.752. The number of anilines is 1. The van der Waals surface area contributed by atoms with Crippen molar-refractivity contribution in [2.24, 2.45) is 0 Å². The molecule has 0 amide bonds. The molecule has 0 aliphatic rings. The lowest BCUT2D eigenvalue weighted by Gasteiger charge is -2.23. The van der Waals surface area contributed by atoms with Crippen molar-refractivity contribution < 1.29 is 0 Å². The molecule has 0 aromatic carbocycles. The Balaban J connectivity index is 2.38. The monoisotopic (exact) mass is 287 g/mol. The Hall–Kier alpha value is -0.260. The highest BCUT2D eigenvalue weighted by molar-refractivity contribution is 7.98. The van der Waals surface area contributed by atoms with Gasteiger partial charge in [-0.15, -0.1) is 11.3 Å². The van der Waals surface area contributed by atoms with E-state index in [0.717, 1.165) is 24.6 Å². The molecule has 0 aliphatic heterocycles. The topological polar surface area (TPSA) is 28.2 Å². The van der Waals surface area contributed by atoms with Crippen molar-refractivity contribution in [2.75, 3.05) is 30.9 Å². The van der Waals surface area contributed by atoms with Crippen LogP contribution in [0.3, 0.4) is 0 Å². The van der Waals surface area contributed by atoms with E-state index in [4.69, 9.17) is 0 Å². The molecule has 1 heterocycles. The first kappa shape index (κ1) is 15.8. The van der Waals surface area contributed by atoms with E-state index >= 15 is 0 Å². The Morgan fingerprint density at radius 3 is 3.00 bits per heavy atom. The number of nitrogens with zero attached hydrogens (tertiary/aromatic N) is 2. The maximum atomic E-state index is 4.40. The first-order chi connectivity index (χ1) is 8.67. The van der Waals surface area contributed by atoms with Gasteiger partial charge in [0.25, 0.3) is 0 Å². The highest BCUT2D eigenvalue weighted by atomic mass is 32.2. The van der Waals surface area contributed by atoms with Gasteiger partial charge < -0.3 is 5.32 Å². The molecular weight excluding hydrogens is 262 g/mol. The Morgan fingerprint density at radius 1 is 1.56 bits per heavy atom. The first-order valence-electron chi connectivity index (χ1n) is 6.55. The van der Waals surface area contributed by atoms with Crippen LogP contribution in [-0.4, -0.2) is 41.5 Å². The number of thiazole rings is 1. The minimum Gasteiger partial charge on any atom is -0.362 e. The number of hydrogen-bond donors (Lipinski definition) is 1. The van der Waals surface area contributed by atoms with Crippen molar-refractivity contribution in [2.45, 2.75) is 39.3 Å². The standard InChI is InChI=1S/C13H25N3S2/c1-5-7-14-13-15-9-12(18-13)10-16(3)11(2)6-8-17-4/h9,11H,5-8,10H2,1-4H3,(H,14,15). The SMILES string of the molecule is CCCNc1ncc(CN(C)C(C)CCSC)s1. The summed E-state index contributed by atoms with van der Waals surface area (Å²) in [6, 6.07) is 0.631. The summed E-state index contributed by atoms with van der Waals surface area (Å²) in [6.07, 6.45) is 6.56. The third-order valence-electron chi connectivity index (χ3n) is 2.98. The number of aromatic nitrogens is 1. The maximum absolute atomic E-state index is 4.40. The van der Waals surface area contributed by atoms with Gasteiger partial charge in [0.2, 0.25) is 0 Å². The lowest BCUT2D eigenvalue weighted by molar-refractivity contribution is 0.247. The molecule has 3 nitrogen and oxygen atoms in total. The number of rotatable bonds is 9. The van der Waals surface area contributed by atoms with Gasteiger partial charge in [-0.2, -0.15) is 11.8 Å². The van der Waals surface area contributed by atoms with Crippen LogP contribution in [-0.2, 0) is 6.54 Å². The summed E-state index contributed by atoms with van der Waals surface area (Å²) in [6.45, 7) is 6.48. The average molecular weight is 287 g/mol. The molecule has 104 valence electrons. The van der Waals surface area contributed by atoms with Gasteiger partial charge in [-0.1, -0.05) is 6.92 Å². The molecule has 5 heteroatoms. The summed E-state index contributed by atoms with van der Waals surface area (Å²) in [5.74, 6) is 1.23. The molecule has 0 saturated carbocycles. The largest absolute Gasteiger partial charge is 0.362 e. The summed E-state index contributed by atoms with van der Waals surface area (Å²) in [7, 11) is 2.20. The molecule has 0 fully saturated rings. The first-order valence-corrected chi connectivity index (χ1v) is 8.76. The summed E-state index contributed by atoms with van der Waals surface area (Å²) in [5, 5.41) is 4.39. The molecule has 1 rings (SSSR count). The van der Waals surface area contributed by atoms with Crippen molar-refractivity contribution >= 4 is 28.2 Å². The zero-order valence-electron chi connectivity index (χ0n) is 11.9. The second-order valence-corrected chi connectivity index (χ2v) is 6.70. The van der Waals surface area contributed by atoms with Gasteiger partial charge in [0.05, 0.1) is 0 Å². The van der Waals surface area contributed by atoms with Crippen LogP contribution < -0.4 is 5.32 Å². The highest BCUT2D eigenvalue weighted by Gasteiger charge is 2.11. The van der Waals surface area contributed by atoms with Gasteiger partial charge in [-0.3, -0.25) is 4.90 Å². The van der Waals surface area contributed by atoms with Gasteiger partial charge in [0.15, 0.2) is 5.13 Å². The van der Waals surface area contributed by atoms with E-state index in [0.29, 0.717) is 6.04 Å². The second-order valence-electron chi connectivity index (χ2n) is 4.60. The molecule has 0 saturated heterocycles. The lowest BCUT2D eigenvalue weighted by atomic mass is 10.2. The van der Waals surface area contributed by atoms with E-state index in [1.54, 1.807) is 11.3 Å². The summed E-state index contributed by atoms with van der Waals surface area (Å²) >= 11 is 3.69. The summed E-state index contributed by atoms with van der Waals surface area (Å²) in [4.78, 5) is 8.15. The van der Waals surface area contributed by atoms with E-state index in [-0.39, 0.29) is 0 Å². The van der Waals surface area contributed by atoms with Crippen LogP contribution in [0.5, 0.6) is 0 Å². The van der Waals surface area contributed by atoms with Gasteiger partial charge >= 0.3 is 0 Å². The van der Waals surface area contributed by atoms with Crippen molar-refractivity contribution in [3.8, 4) is 0 Å². The van der Waals surface area contributed by atoms with Crippen LogP contribution in [0.2, 0.25) is 0 Å². The Kier molecular flexibility index (Phi) is 7.70. The van der Waals surface area contributed by atoms with E-state index in [1.807, 2.05) is 18.0 Å². The van der Waals surface area contributed by atoms with Crippen LogP contribution >= 0.6 is 23.1 Å². The van der Waals surface area contributed by atoms with E-state index in [9.17, 15) is 0 Å². The molecule has 0 spiro atoms. The minimum absolute atomic E-state index is 0.631. The lowest BCUT2D eigenvalue weighted by Crippen LogP contribution is -2.28. The van der Waals surface area contributed by atoms with Crippen LogP contribution in [0.1, 0.15) is 31.6 Å². The van der Waals surface area contributed by atoms with Gasteiger partial charge in [-0.25, -0.2) is 4.98 Å². The van der Waals surface area contributed by atoms with E-state index in [1.165, 1.54) is 17.1 Å². The molecular formula is C13H25N3S2. The van der Waals surface area contributed by atoms with Gasteiger partial charge in [0, 0.05) is 30.2 Å². The van der Waals surface area contributed by atoms with E-state index in [2.05, 4.69) is 42.4 Å². The van der Waals surface area contributed by atoms with E-state index < -0.39 is 0 Å². The summed E-state index contributed by atoms with van der Waals surface area (Å²) in [5.41, 5.74) is 0. The third-order valence-corrected chi connectivity index (χ3v) is 4.56. The fourth-order valence-corrected chi connectivity index (χ4v) is 3.08. The smallest absolute Gasteiger partial charge is 0.182 e. The van der Waals surface area contributed by atoms with Crippen LogP contribution in [0.15, 0.2) is 6.20 Å². The van der Waals surface area contributed by atoms with Crippen LogP contribution in [0.4, 0.5) is 5.13 Å². The molecule has 1 N–H and O–H groups in total. The third kappa shape index (κ3) is 5.59. The minimum atomic E-state index is 0.631. The zero-order chi connectivity index (χ0) is 13.4. The molecule has 1 atom stereocenters. The number of hydrogen-bond acceptors (Lipinski definition) is 5. The molecule has 1 aromatic heterocycles.